The first kappa shape index (κ1) is 23.4. The van der Waals surface area contributed by atoms with E-state index in [-0.39, 0.29) is 36.9 Å². The van der Waals surface area contributed by atoms with E-state index in [0.29, 0.717) is 5.56 Å². The summed E-state index contributed by atoms with van der Waals surface area (Å²) < 4.78 is 24.6. The Balaban J connectivity index is 2.24. The van der Waals surface area contributed by atoms with Crippen molar-refractivity contribution in [3.63, 3.8) is 0 Å². The molecule has 0 atom stereocenters. The number of thiophene rings is 1. The van der Waals surface area contributed by atoms with E-state index in [9.17, 15) is 19.6 Å². The smallest absolute Gasteiger partial charge is 0.457 e. The summed E-state index contributed by atoms with van der Waals surface area (Å²) in [5.74, 6) is -1.08. The number of nitrogens with zero attached hydrogens (tertiary/aromatic N) is 1. The molecule has 0 aliphatic heterocycles. The van der Waals surface area contributed by atoms with Gasteiger partial charge in [-0.25, -0.2) is 14.4 Å². The molecule has 2 aromatic rings. The van der Waals surface area contributed by atoms with E-state index in [0.717, 1.165) is 5.56 Å². The average molecular weight is 445 g/mol. The van der Waals surface area contributed by atoms with Crippen molar-refractivity contribution >= 4 is 35.7 Å². The lowest BCUT2D eigenvalue weighted by atomic mass is 10.1. The zero-order valence-corrected chi connectivity index (χ0v) is 17.6. The fourth-order valence-electron chi connectivity index (χ4n) is 2.16. The predicted molar refractivity (Wildman–Crippen MR) is 109 cm³/mol. The van der Waals surface area contributed by atoms with Crippen LogP contribution in [0.25, 0.3) is 6.08 Å². The molecule has 0 N–H and O–H groups in total. The van der Waals surface area contributed by atoms with E-state index in [1.165, 1.54) is 35.6 Å². The van der Waals surface area contributed by atoms with Gasteiger partial charge < -0.3 is 23.7 Å². The van der Waals surface area contributed by atoms with Crippen LogP contribution in [0, 0.1) is 11.3 Å². The van der Waals surface area contributed by atoms with E-state index in [2.05, 4.69) is 0 Å². The second-order valence-corrected chi connectivity index (χ2v) is 6.43. The largest absolute Gasteiger partial charge is 0.513 e. The lowest BCUT2D eigenvalue weighted by molar-refractivity contribution is -0.139. The third-order valence-corrected chi connectivity index (χ3v) is 4.21. The van der Waals surface area contributed by atoms with Gasteiger partial charge in [0.05, 0.1) is 13.2 Å². The Morgan fingerprint density at radius 2 is 1.68 bits per heavy atom. The minimum Gasteiger partial charge on any atom is -0.457 e. The molecule has 1 aromatic carbocycles. The van der Waals surface area contributed by atoms with E-state index in [1.54, 1.807) is 26.0 Å². The standard InChI is InChI=1S/C21H19NO8S/c1-3-26-20(24)29-17-6-5-14(10-18(17)30-21(25)27-4-2)9-16(11-22)19(23)28-12-15-7-8-31-13-15/h5-10,13H,3-4,12H2,1-2H3. The van der Waals surface area contributed by atoms with Gasteiger partial charge in [0.25, 0.3) is 0 Å². The Hall–Kier alpha value is -3.84. The van der Waals surface area contributed by atoms with Crippen LogP contribution in [0.15, 0.2) is 40.6 Å². The van der Waals surface area contributed by atoms with Gasteiger partial charge in [0.15, 0.2) is 11.5 Å². The van der Waals surface area contributed by atoms with E-state index in [4.69, 9.17) is 23.7 Å². The molecule has 1 heterocycles. The normalized spacial score (nSPS) is 10.5. The number of carbonyl (C=O) groups is 3. The molecular formula is C21H19NO8S. The highest BCUT2D eigenvalue weighted by molar-refractivity contribution is 7.07. The van der Waals surface area contributed by atoms with Crippen LogP contribution in [0.3, 0.4) is 0 Å². The van der Waals surface area contributed by atoms with Crippen LogP contribution >= 0.6 is 11.3 Å². The number of hydrogen-bond acceptors (Lipinski definition) is 10. The Bertz CT molecular complexity index is 991. The third kappa shape index (κ3) is 7.49. The molecule has 0 radical (unpaired) electrons. The number of benzene rings is 1. The molecule has 31 heavy (non-hydrogen) atoms. The molecule has 162 valence electrons. The van der Waals surface area contributed by atoms with Crippen molar-refractivity contribution in [2.45, 2.75) is 20.5 Å². The first-order valence-electron chi connectivity index (χ1n) is 9.10. The van der Waals surface area contributed by atoms with Crippen LogP contribution in [0.4, 0.5) is 9.59 Å². The maximum atomic E-state index is 12.2. The average Bonchev–Trinajstić information content (AvgIpc) is 3.26. The number of rotatable bonds is 8. The summed E-state index contributed by atoms with van der Waals surface area (Å²) >= 11 is 1.46. The quantitative estimate of drug-likeness (QED) is 0.190. The molecule has 0 unspecified atom stereocenters. The number of nitriles is 1. The minimum absolute atomic E-state index is 0.0326. The van der Waals surface area contributed by atoms with Crippen LogP contribution in [0.5, 0.6) is 11.5 Å². The second-order valence-electron chi connectivity index (χ2n) is 5.65. The molecule has 1 aromatic heterocycles. The predicted octanol–water partition coefficient (Wildman–Crippen LogP) is 4.47. The molecule has 0 fully saturated rings. The van der Waals surface area contributed by atoms with Gasteiger partial charge in [-0.2, -0.15) is 16.6 Å². The number of esters is 1. The summed E-state index contributed by atoms with van der Waals surface area (Å²) in [6.07, 6.45) is -0.760. The van der Waals surface area contributed by atoms with Gasteiger partial charge in [-0.05, 0) is 54.4 Å². The summed E-state index contributed by atoms with van der Waals surface area (Å²) in [5.41, 5.74) is 0.858. The summed E-state index contributed by atoms with van der Waals surface area (Å²) in [6, 6.07) is 7.65. The molecule has 0 spiro atoms. The molecule has 0 saturated carbocycles. The van der Waals surface area contributed by atoms with Gasteiger partial charge in [-0.3, -0.25) is 0 Å². The third-order valence-electron chi connectivity index (χ3n) is 3.48. The maximum Gasteiger partial charge on any atom is 0.513 e. The van der Waals surface area contributed by atoms with Gasteiger partial charge >= 0.3 is 18.3 Å². The highest BCUT2D eigenvalue weighted by atomic mass is 32.1. The molecular weight excluding hydrogens is 426 g/mol. The van der Waals surface area contributed by atoms with Crippen LogP contribution in [0.2, 0.25) is 0 Å². The monoisotopic (exact) mass is 445 g/mol. The first-order valence-corrected chi connectivity index (χ1v) is 10.0. The van der Waals surface area contributed by atoms with Gasteiger partial charge in [-0.1, -0.05) is 6.07 Å². The lowest BCUT2D eigenvalue weighted by Crippen LogP contribution is -2.14. The van der Waals surface area contributed by atoms with Gasteiger partial charge in [-0.15, -0.1) is 0 Å². The van der Waals surface area contributed by atoms with Crippen LogP contribution in [-0.4, -0.2) is 31.5 Å². The maximum absolute atomic E-state index is 12.2. The van der Waals surface area contributed by atoms with Crippen molar-refractivity contribution in [2.24, 2.45) is 0 Å². The first-order chi connectivity index (χ1) is 15.0. The highest BCUT2D eigenvalue weighted by Crippen LogP contribution is 2.30. The molecule has 0 saturated heterocycles. The Morgan fingerprint density at radius 3 is 2.26 bits per heavy atom. The fraction of sp³-hybridized carbons (Fsp3) is 0.238. The number of carbonyl (C=O) groups excluding carboxylic acids is 3. The summed E-state index contributed by atoms with van der Waals surface area (Å²) in [4.78, 5) is 35.5. The molecule has 2 rings (SSSR count). The number of ether oxygens (including phenoxy) is 5. The SMILES string of the molecule is CCOC(=O)Oc1ccc(C=C(C#N)C(=O)OCc2ccsc2)cc1OC(=O)OCC. The van der Waals surface area contributed by atoms with Gasteiger partial charge in [0.1, 0.15) is 18.2 Å². The van der Waals surface area contributed by atoms with E-state index in [1.807, 2.05) is 10.8 Å². The fourth-order valence-corrected chi connectivity index (χ4v) is 2.81. The minimum atomic E-state index is -1.02. The van der Waals surface area contributed by atoms with Crippen molar-refractivity contribution < 1.29 is 38.1 Å². The van der Waals surface area contributed by atoms with Crippen molar-refractivity contribution in [1.82, 2.24) is 0 Å². The van der Waals surface area contributed by atoms with Crippen LogP contribution < -0.4 is 9.47 Å². The van der Waals surface area contributed by atoms with E-state index < -0.39 is 18.3 Å². The van der Waals surface area contributed by atoms with Crippen molar-refractivity contribution in [3.8, 4) is 17.6 Å². The lowest BCUT2D eigenvalue weighted by Gasteiger charge is -2.11. The summed E-state index contributed by atoms with van der Waals surface area (Å²) in [6.45, 7) is 3.39. The van der Waals surface area contributed by atoms with Crippen LogP contribution in [0.1, 0.15) is 25.0 Å². The van der Waals surface area contributed by atoms with E-state index >= 15 is 0 Å². The molecule has 0 aliphatic carbocycles. The Morgan fingerprint density at radius 1 is 1.00 bits per heavy atom. The summed E-state index contributed by atoms with van der Waals surface area (Å²) in [5, 5.41) is 13.0. The molecule has 10 heteroatoms. The molecule has 0 aliphatic rings. The topological polar surface area (TPSA) is 121 Å². The Kier molecular flexibility index (Phi) is 9.07. The van der Waals surface area contributed by atoms with Crippen molar-refractivity contribution in [2.75, 3.05) is 13.2 Å². The molecule has 9 nitrogen and oxygen atoms in total. The molecule has 0 bridgehead atoms. The molecule has 0 amide bonds. The zero-order valence-electron chi connectivity index (χ0n) is 16.8. The highest BCUT2D eigenvalue weighted by Gasteiger charge is 2.17. The second kappa shape index (κ2) is 12.0. The zero-order chi connectivity index (χ0) is 22.6. The van der Waals surface area contributed by atoms with Gasteiger partial charge in [0.2, 0.25) is 0 Å². The Labute approximate surface area is 182 Å². The summed E-state index contributed by atoms with van der Waals surface area (Å²) in [7, 11) is 0. The number of hydrogen-bond donors (Lipinski definition) is 0. The van der Waals surface area contributed by atoms with Crippen molar-refractivity contribution in [3.05, 3.63) is 51.7 Å². The van der Waals surface area contributed by atoms with Crippen molar-refractivity contribution in [1.29, 1.82) is 5.26 Å². The van der Waals surface area contributed by atoms with Gasteiger partial charge in [0, 0.05) is 5.56 Å². The van der Waals surface area contributed by atoms with Crippen LogP contribution in [-0.2, 0) is 25.6 Å².